The molecule has 0 bridgehead atoms. The molecule has 0 aromatic rings. The van der Waals surface area contributed by atoms with Crippen LogP contribution in [0.4, 0.5) is 13.2 Å². The van der Waals surface area contributed by atoms with Crippen molar-refractivity contribution in [2.75, 3.05) is 0 Å². The van der Waals surface area contributed by atoms with Crippen molar-refractivity contribution in [1.82, 2.24) is 0 Å². The second-order valence-electron chi connectivity index (χ2n) is 0.978. The predicted molar refractivity (Wildman–Crippen MR) is 21.6 cm³/mol. The third-order valence-corrected chi connectivity index (χ3v) is 0.357. The molecule has 0 fully saturated rings. The normalized spacial score (nSPS) is 8.56. The van der Waals surface area contributed by atoms with Gasteiger partial charge in [0, 0.05) is 0 Å². The van der Waals surface area contributed by atoms with Gasteiger partial charge in [0.05, 0.1) is 0 Å². The van der Waals surface area contributed by atoms with E-state index in [9.17, 15) is 13.2 Å². The van der Waals surface area contributed by atoms with Crippen molar-refractivity contribution in [3.63, 3.8) is 0 Å². The minimum atomic E-state index is -2.73. The summed E-state index contributed by atoms with van der Waals surface area (Å²) in [5, 5.41) is 15.4. The molecule has 0 saturated carbocycles. The third-order valence-electron chi connectivity index (χ3n) is 0.357. The quantitative estimate of drug-likeness (QED) is 0.421. The summed E-state index contributed by atoms with van der Waals surface area (Å²) in [7, 11) is -2.55. The minimum absolute atomic E-state index is 2.29. The fourth-order valence-electron chi connectivity index (χ4n) is 0.137. The van der Waals surface area contributed by atoms with Crippen LogP contribution in [0.25, 0.3) is 0 Å². The number of halogens is 3. The fraction of sp³-hybridized carbons (Fsp3) is 0. The Labute approximate surface area is 48.5 Å². The molecule has 0 aliphatic carbocycles. The Morgan fingerprint density at radius 3 is 1.78 bits per heavy atom. The minimum Gasteiger partial charge on any atom is -0.487 e. The van der Waals surface area contributed by atoms with Gasteiger partial charge in [-0.25, -0.2) is 0 Å². The van der Waals surface area contributed by atoms with Crippen LogP contribution >= 0.6 is 0 Å². The van der Waals surface area contributed by atoms with E-state index in [1.54, 1.807) is 0 Å². The molecule has 0 radical (unpaired) electrons. The van der Waals surface area contributed by atoms with E-state index in [0.717, 1.165) is 0 Å². The Hall–Kier alpha value is -0.685. The molecule has 0 saturated heterocycles. The Morgan fingerprint density at radius 1 is 1.22 bits per heavy atom. The molecule has 0 atom stereocenters. The van der Waals surface area contributed by atoms with E-state index < -0.39 is 19.4 Å². The number of hydrogen-bond donors (Lipinski definition) is 2. The lowest BCUT2D eigenvalue weighted by molar-refractivity contribution is 0.165. The van der Waals surface area contributed by atoms with E-state index in [1.807, 2.05) is 0 Å². The fourth-order valence-corrected chi connectivity index (χ4v) is 0.137. The van der Waals surface area contributed by atoms with E-state index >= 15 is 0 Å². The van der Waals surface area contributed by atoms with E-state index in [4.69, 9.17) is 10.0 Å². The van der Waals surface area contributed by atoms with Gasteiger partial charge in [-0.2, -0.15) is 13.2 Å². The maximum absolute atomic E-state index is 11.4. The molecule has 9 heavy (non-hydrogen) atoms. The summed E-state index contributed by atoms with van der Waals surface area (Å²) in [6.07, 6.45) is -2.73. The zero-order chi connectivity index (χ0) is 7.44. The van der Waals surface area contributed by atoms with Crippen LogP contribution in [0.2, 0.25) is 0 Å². The molecule has 0 aromatic heterocycles. The summed E-state index contributed by atoms with van der Waals surface area (Å²) < 4.78 is 36.3. The van der Waals surface area contributed by atoms with Crippen molar-refractivity contribution in [2.24, 2.45) is 0 Å². The molecule has 0 aliphatic heterocycles. The first-order valence-electron chi connectivity index (χ1n) is 1.77. The zero-order valence-electron chi connectivity index (χ0n) is 4.01. The maximum atomic E-state index is 11.4. The van der Waals surface area contributed by atoms with Gasteiger partial charge >= 0.3 is 19.4 Å². The largest absolute Gasteiger partial charge is 0.709 e. The average molecular weight is 142 g/mol. The lowest BCUT2D eigenvalue weighted by Gasteiger charge is -1.96. The lowest BCUT2D eigenvalue weighted by atomic mass is 10.3. The highest BCUT2D eigenvalue weighted by Crippen LogP contribution is 2.09. The van der Waals surface area contributed by atoms with E-state index in [1.165, 1.54) is 0 Å². The summed E-state index contributed by atoms with van der Waals surface area (Å²) in [6.45, 7) is 0. The van der Waals surface area contributed by atoms with Crippen molar-refractivity contribution < 1.29 is 27.9 Å². The van der Waals surface area contributed by atoms with Gasteiger partial charge < -0.3 is 14.7 Å². The van der Waals surface area contributed by atoms with Gasteiger partial charge in [0.1, 0.15) is 0 Å². The van der Waals surface area contributed by atoms with Gasteiger partial charge in [-0.15, -0.1) is 0 Å². The molecule has 0 unspecified atom stereocenters. The zero-order valence-corrected chi connectivity index (χ0v) is 4.01. The molecule has 0 heterocycles. The van der Waals surface area contributed by atoms with E-state index in [2.05, 4.69) is 4.65 Å². The van der Waals surface area contributed by atoms with Crippen molar-refractivity contribution >= 4 is 7.32 Å². The topological polar surface area (TPSA) is 49.7 Å². The molecule has 3 nitrogen and oxygen atoms in total. The molecule has 0 aromatic carbocycles. The standard InChI is InChI=1S/C2H2BF3O3/c4-1(5)2(6)9-3(7)8/h7-8H. The first-order valence-corrected chi connectivity index (χ1v) is 1.77. The van der Waals surface area contributed by atoms with Crippen LogP contribution in [0.3, 0.4) is 0 Å². The smallest absolute Gasteiger partial charge is 0.487 e. The molecule has 52 valence electrons. The lowest BCUT2D eigenvalue weighted by Crippen LogP contribution is -2.15. The molecule has 0 spiro atoms. The number of rotatable bonds is 2. The summed E-state index contributed by atoms with van der Waals surface area (Å²) >= 11 is 0. The number of hydrogen-bond acceptors (Lipinski definition) is 3. The summed E-state index contributed by atoms with van der Waals surface area (Å²) in [5.41, 5.74) is 0. The Bertz CT molecular complexity index is 120. The van der Waals surface area contributed by atoms with Gasteiger partial charge in [0.15, 0.2) is 0 Å². The third kappa shape index (κ3) is 3.86. The molecule has 0 rings (SSSR count). The highest BCUT2D eigenvalue weighted by molar-refractivity contribution is 6.33. The first-order chi connectivity index (χ1) is 4.04. The second-order valence-corrected chi connectivity index (χ2v) is 0.978. The molecule has 7 heteroatoms. The SMILES string of the molecule is OB(O)OC(F)=C(F)F. The van der Waals surface area contributed by atoms with Crippen LogP contribution in [-0.2, 0) is 4.65 Å². The van der Waals surface area contributed by atoms with Crippen molar-refractivity contribution in [3.05, 3.63) is 12.1 Å². The second kappa shape index (κ2) is 3.36. The van der Waals surface area contributed by atoms with Crippen LogP contribution in [0.15, 0.2) is 12.1 Å². The van der Waals surface area contributed by atoms with Gasteiger partial charge in [0.2, 0.25) is 0 Å². The highest BCUT2D eigenvalue weighted by Gasteiger charge is 2.16. The monoisotopic (exact) mass is 142 g/mol. The maximum Gasteiger partial charge on any atom is 0.709 e. The van der Waals surface area contributed by atoms with Gasteiger partial charge in [0.25, 0.3) is 0 Å². The Morgan fingerprint density at radius 2 is 1.67 bits per heavy atom. The molecule has 2 N–H and O–H groups in total. The molecule has 0 aliphatic rings. The summed E-state index contributed by atoms with van der Waals surface area (Å²) in [6, 6.07) is -2.29. The van der Waals surface area contributed by atoms with Gasteiger partial charge in [-0.1, -0.05) is 0 Å². The Balaban J connectivity index is 3.77. The molecular weight excluding hydrogens is 140 g/mol. The van der Waals surface area contributed by atoms with Crippen LogP contribution in [0.5, 0.6) is 0 Å². The average Bonchev–Trinajstić information content (AvgIpc) is 1.63. The van der Waals surface area contributed by atoms with Crippen molar-refractivity contribution in [2.45, 2.75) is 0 Å². The van der Waals surface area contributed by atoms with Gasteiger partial charge in [-0.3, -0.25) is 0 Å². The summed E-state index contributed by atoms with van der Waals surface area (Å²) in [5.74, 6) is 0. The molecular formula is C2H2BF3O3. The molecule has 0 amide bonds. The van der Waals surface area contributed by atoms with Crippen LogP contribution < -0.4 is 0 Å². The Kier molecular flexibility index (Phi) is 3.11. The van der Waals surface area contributed by atoms with E-state index in [-0.39, 0.29) is 0 Å². The van der Waals surface area contributed by atoms with Crippen LogP contribution in [0.1, 0.15) is 0 Å². The summed E-state index contributed by atoms with van der Waals surface area (Å²) in [4.78, 5) is 0. The van der Waals surface area contributed by atoms with Crippen molar-refractivity contribution in [1.29, 1.82) is 0 Å². The van der Waals surface area contributed by atoms with Crippen LogP contribution in [0, 0.1) is 0 Å². The predicted octanol–water partition coefficient (Wildman–Crippen LogP) is 0.00760. The van der Waals surface area contributed by atoms with Crippen LogP contribution in [-0.4, -0.2) is 17.4 Å². The van der Waals surface area contributed by atoms with E-state index in [0.29, 0.717) is 0 Å². The highest BCUT2D eigenvalue weighted by atomic mass is 19.3. The first kappa shape index (κ1) is 8.31. The van der Waals surface area contributed by atoms with Crippen molar-refractivity contribution in [3.8, 4) is 0 Å². The van der Waals surface area contributed by atoms with Gasteiger partial charge in [-0.05, 0) is 0 Å².